The van der Waals surface area contributed by atoms with Crippen LogP contribution in [0.5, 0.6) is 0 Å². The number of hydrogen-bond donors (Lipinski definition) is 1. The molecule has 0 spiro atoms. The molecule has 0 heterocycles. The Balaban J connectivity index is 2.19. The van der Waals surface area contributed by atoms with Crippen LogP contribution >= 0.6 is 23.2 Å². The molecule has 0 fully saturated rings. The normalized spacial score (nSPS) is 10.6. The fourth-order valence-corrected chi connectivity index (χ4v) is 1.91. The summed E-state index contributed by atoms with van der Waals surface area (Å²) in [6.07, 6.45) is 0. The Bertz CT molecular complexity index is 617. The summed E-state index contributed by atoms with van der Waals surface area (Å²) in [4.78, 5) is 0. The third-order valence-electron chi connectivity index (χ3n) is 2.51. The SMILES string of the molecule is Fc1ccc(NCc2cc(Cl)ccc2Cl)c(F)c1F. The highest BCUT2D eigenvalue weighted by Crippen LogP contribution is 2.24. The molecule has 100 valence electrons. The molecule has 2 aromatic rings. The van der Waals surface area contributed by atoms with Gasteiger partial charge < -0.3 is 5.32 Å². The van der Waals surface area contributed by atoms with Gasteiger partial charge in [0.2, 0.25) is 0 Å². The second kappa shape index (κ2) is 5.72. The molecule has 0 aliphatic carbocycles. The van der Waals surface area contributed by atoms with Crippen molar-refractivity contribution < 1.29 is 13.2 Å². The summed E-state index contributed by atoms with van der Waals surface area (Å²) >= 11 is 11.7. The van der Waals surface area contributed by atoms with E-state index >= 15 is 0 Å². The number of nitrogens with one attached hydrogen (secondary N) is 1. The van der Waals surface area contributed by atoms with Crippen LogP contribution in [0.15, 0.2) is 30.3 Å². The van der Waals surface area contributed by atoms with E-state index in [1.54, 1.807) is 18.2 Å². The summed E-state index contributed by atoms with van der Waals surface area (Å²) in [6.45, 7) is 0.140. The minimum absolute atomic E-state index is 0.140. The second-order valence-electron chi connectivity index (χ2n) is 3.81. The van der Waals surface area contributed by atoms with Crippen molar-refractivity contribution in [2.45, 2.75) is 6.54 Å². The molecule has 0 radical (unpaired) electrons. The van der Waals surface area contributed by atoms with E-state index in [1.807, 2.05) is 0 Å². The minimum atomic E-state index is -1.51. The van der Waals surface area contributed by atoms with Gasteiger partial charge >= 0.3 is 0 Å². The van der Waals surface area contributed by atoms with E-state index in [9.17, 15) is 13.2 Å². The van der Waals surface area contributed by atoms with Gasteiger partial charge in [-0.15, -0.1) is 0 Å². The molecule has 0 aromatic heterocycles. The largest absolute Gasteiger partial charge is 0.378 e. The Hall–Kier alpha value is -1.39. The molecule has 2 aromatic carbocycles. The molecular formula is C13H8Cl2F3N. The smallest absolute Gasteiger partial charge is 0.196 e. The quantitative estimate of drug-likeness (QED) is 0.785. The monoisotopic (exact) mass is 305 g/mol. The molecule has 0 amide bonds. The van der Waals surface area contributed by atoms with Crippen molar-refractivity contribution in [1.82, 2.24) is 0 Å². The van der Waals surface area contributed by atoms with Gasteiger partial charge in [-0.3, -0.25) is 0 Å². The van der Waals surface area contributed by atoms with Crippen molar-refractivity contribution >= 4 is 28.9 Å². The number of halogens is 5. The number of hydrogen-bond acceptors (Lipinski definition) is 1. The van der Waals surface area contributed by atoms with Crippen LogP contribution in [0.3, 0.4) is 0 Å². The van der Waals surface area contributed by atoms with Crippen LogP contribution in [-0.2, 0) is 6.54 Å². The maximum Gasteiger partial charge on any atom is 0.196 e. The van der Waals surface area contributed by atoms with E-state index in [-0.39, 0.29) is 12.2 Å². The average molecular weight is 306 g/mol. The second-order valence-corrected chi connectivity index (χ2v) is 4.66. The van der Waals surface area contributed by atoms with Gasteiger partial charge in [0.1, 0.15) is 0 Å². The van der Waals surface area contributed by atoms with Crippen LogP contribution in [0, 0.1) is 17.5 Å². The van der Waals surface area contributed by atoms with Crippen molar-refractivity contribution in [1.29, 1.82) is 0 Å². The number of anilines is 1. The highest BCUT2D eigenvalue weighted by Gasteiger charge is 2.13. The summed E-state index contributed by atoms with van der Waals surface area (Å²) in [5, 5.41) is 3.56. The van der Waals surface area contributed by atoms with Gasteiger partial charge in [-0.25, -0.2) is 13.2 Å². The van der Waals surface area contributed by atoms with E-state index in [0.717, 1.165) is 12.1 Å². The molecule has 2 rings (SSSR count). The molecule has 0 aliphatic heterocycles. The zero-order valence-corrected chi connectivity index (χ0v) is 11.0. The molecule has 0 saturated carbocycles. The average Bonchev–Trinajstić information content (AvgIpc) is 2.39. The number of benzene rings is 2. The Kier molecular flexibility index (Phi) is 4.22. The molecule has 0 bridgehead atoms. The van der Waals surface area contributed by atoms with Crippen molar-refractivity contribution in [2.24, 2.45) is 0 Å². The molecule has 1 N–H and O–H groups in total. The number of rotatable bonds is 3. The molecule has 0 saturated heterocycles. The third kappa shape index (κ3) is 3.14. The summed E-state index contributed by atoms with van der Waals surface area (Å²) in [7, 11) is 0. The molecule has 0 unspecified atom stereocenters. The van der Waals surface area contributed by atoms with Crippen LogP contribution in [0.2, 0.25) is 10.0 Å². The van der Waals surface area contributed by atoms with Crippen molar-refractivity contribution in [2.75, 3.05) is 5.32 Å². The first-order chi connectivity index (χ1) is 8.99. The predicted octanol–water partition coefficient (Wildman–Crippen LogP) is 5.02. The van der Waals surface area contributed by atoms with E-state index < -0.39 is 17.5 Å². The van der Waals surface area contributed by atoms with Crippen LogP contribution in [0.25, 0.3) is 0 Å². The van der Waals surface area contributed by atoms with Gasteiger partial charge in [-0.2, -0.15) is 0 Å². The first kappa shape index (κ1) is 14.0. The lowest BCUT2D eigenvalue weighted by molar-refractivity contribution is 0.449. The van der Waals surface area contributed by atoms with E-state index in [0.29, 0.717) is 15.6 Å². The lowest BCUT2D eigenvalue weighted by Crippen LogP contribution is -2.04. The lowest BCUT2D eigenvalue weighted by atomic mass is 10.2. The first-order valence-electron chi connectivity index (χ1n) is 5.30. The highest BCUT2D eigenvalue weighted by molar-refractivity contribution is 6.33. The highest BCUT2D eigenvalue weighted by atomic mass is 35.5. The predicted molar refractivity (Wildman–Crippen MR) is 70.1 cm³/mol. The topological polar surface area (TPSA) is 12.0 Å². The Morgan fingerprint density at radius 1 is 0.947 bits per heavy atom. The molecule has 0 aliphatic rings. The maximum absolute atomic E-state index is 13.4. The van der Waals surface area contributed by atoms with E-state index in [4.69, 9.17) is 23.2 Å². The van der Waals surface area contributed by atoms with Gasteiger partial charge in [0, 0.05) is 16.6 Å². The molecule has 0 atom stereocenters. The lowest BCUT2D eigenvalue weighted by Gasteiger charge is -2.10. The van der Waals surface area contributed by atoms with Crippen LogP contribution in [0.4, 0.5) is 18.9 Å². The van der Waals surface area contributed by atoms with Gasteiger partial charge in [0.15, 0.2) is 17.5 Å². The van der Waals surface area contributed by atoms with Crippen molar-refractivity contribution in [3.63, 3.8) is 0 Å². The summed E-state index contributed by atoms with van der Waals surface area (Å²) in [6, 6.07) is 6.79. The summed E-state index contributed by atoms with van der Waals surface area (Å²) in [5.74, 6) is -4.01. The minimum Gasteiger partial charge on any atom is -0.378 e. The maximum atomic E-state index is 13.4. The third-order valence-corrected chi connectivity index (χ3v) is 3.12. The summed E-state index contributed by atoms with van der Waals surface area (Å²) in [5.41, 5.74) is 0.480. The fourth-order valence-electron chi connectivity index (χ4n) is 1.53. The zero-order valence-electron chi connectivity index (χ0n) is 9.48. The van der Waals surface area contributed by atoms with Gasteiger partial charge in [-0.1, -0.05) is 23.2 Å². The van der Waals surface area contributed by atoms with Gasteiger partial charge in [0.25, 0.3) is 0 Å². The Labute approximate surface area is 118 Å². The van der Waals surface area contributed by atoms with Gasteiger partial charge in [0.05, 0.1) is 5.69 Å². The summed E-state index contributed by atoms with van der Waals surface area (Å²) < 4.78 is 39.2. The molecule has 19 heavy (non-hydrogen) atoms. The van der Waals surface area contributed by atoms with Crippen LogP contribution < -0.4 is 5.32 Å². The van der Waals surface area contributed by atoms with Crippen LogP contribution in [0.1, 0.15) is 5.56 Å². The first-order valence-corrected chi connectivity index (χ1v) is 6.06. The van der Waals surface area contributed by atoms with E-state index in [2.05, 4.69) is 5.32 Å². The Morgan fingerprint density at radius 2 is 1.68 bits per heavy atom. The fraction of sp³-hybridized carbons (Fsp3) is 0.0769. The molecule has 1 nitrogen and oxygen atoms in total. The van der Waals surface area contributed by atoms with Gasteiger partial charge in [-0.05, 0) is 35.9 Å². The van der Waals surface area contributed by atoms with E-state index in [1.165, 1.54) is 0 Å². The standard InChI is InChI=1S/C13H8Cl2F3N/c14-8-1-2-9(15)7(5-8)6-19-11-4-3-10(16)12(17)13(11)18/h1-5,19H,6H2. The van der Waals surface area contributed by atoms with Crippen molar-refractivity contribution in [3.05, 3.63) is 63.4 Å². The Morgan fingerprint density at radius 3 is 2.42 bits per heavy atom. The van der Waals surface area contributed by atoms with Crippen molar-refractivity contribution in [3.8, 4) is 0 Å². The molecule has 6 heteroatoms. The van der Waals surface area contributed by atoms with Crippen LogP contribution in [-0.4, -0.2) is 0 Å². The molecular weight excluding hydrogens is 298 g/mol. The zero-order chi connectivity index (χ0) is 14.0.